The van der Waals surface area contributed by atoms with Crippen LogP contribution in [-0.2, 0) is 0 Å². The van der Waals surface area contributed by atoms with E-state index in [0.717, 1.165) is 30.4 Å². The zero-order valence-corrected chi connectivity index (χ0v) is 22.0. The first-order valence-corrected chi connectivity index (χ1v) is 13.6. The van der Waals surface area contributed by atoms with Gasteiger partial charge in [-0.1, -0.05) is 6.07 Å². The van der Waals surface area contributed by atoms with Gasteiger partial charge in [-0.25, -0.2) is 4.39 Å². The van der Waals surface area contributed by atoms with Crippen molar-refractivity contribution in [2.45, 2.75) is 36.7 Å². The Morgan fingerprint density at radius 2 is 1.97 bits per heavy atom. The summed E-state index contributed by atoms with van der Waals surface area (Å²) in [6, 6.07) is 13.1. The van der Waals surface area contributed by atoms with Crippen LogP contribution in [-0.4, -0.2) is 60.5 Å². The monoisotopic (exact) mass is 552 g/mol. The van der Waals surface area contributed by atoms with Gasteiger partial charge in [0.25, 0.3) is 0 Å². The molecule has 38 heavy (non-hydrogen) atoms. The highest BCUT2D eigenvalue weighted by Crippen LogP contribution is 2.35. The number of ether oxygens (including phenoxy) is 2. The van der Waals surface area contributed by atoms with E-state index in [1.165, 1.54) is 23.9 Å². The molecule has 1 N–H and O–H groups in total. The molecule has 10 heteroatoms. The van der Waals surface area contributed by atoms with Crippen LogP contribution < -0.4 is 9.47 Å². The summed E-state index contributed by atoms with van der Waals surface area (Å²) >= 11 is 1.46. The number of piperidine rings is 1. The topological polar surface area (TPSA) is 54.8 Å². The number of rotatable bonds is 11. The fraction of sp³-hybridized carbons (Fsp3) is 0.464. The largest absolute Gasteiger partial charge is 0.573 e. The SMILES string of the molecule is COc1ccc2nccc([C@H](F)CC[C@@H]3CCN(CCSc4cccc(OC(F)(F)F)c4)C[C@@H]3CO)c2c1. The first kappa shape index (κ1) is 28.4. The summed E-state index contributed by atoms with van der Waals surface area (Å²) < 4.78 is 62.1. The molecule has 1 saturated heterocycles. The molecule has 4 rings (SSSR count). The standard InChI is InChI=1S/C28H32F4N2O3S/c1-36-21-6-8-27-25(16-21)24(9-11-33-27)26(29)7-5-19-10-12-34(17-20(19)18-35)13-14-38-23-4-2-3-22(15-23)37-28(30,31)32/h2-4,6,8-9,11,15-16,19-20,26,35H,5,7,10,12-14,17-18H2,1H3/t19-,20-,26-/m1/s1. The van der Waals surface area contributed by atoms with Gasteiger partial charge in [-0.3, -0.25) is 4.98 Å². The highest BCUT2D eigenvalue weighted by Gasteiger charge is 2.31. The van der Waals surface area contributed by atoms with Crippen molar-refractivity contribution in [2.75, 3.05) is 39.1 Å². The van der Waals surface area contributed by atoms with E-state index in [9.17, 15) is 18.3 Å². The Labute approximate surface area is 224 Å². The van der Waals surface area contributed by atoms with Crippen molar-refractivity contribution in [3.8, 4) is 11.5 Å². The lowest BCUT2D eigenvalue weighted by atomic mass is 9.81. The number of likely N-dealkylation sites (tertiary alicyclic amines) is 1. The second-order valence-electron chi connectivity index (χ2n) is 9.49. The Hall–Kier alpha value is -2.56. The summed E-state index contributed by atoms with van der Waals surface area (Å²) in [6.07, 6.45) is -2.32. The zero-order chi connectivity index (χ0) is 27.1. The van der Waals surface area contributed by atoms with Crippen LogP contribution >= 0.6 is 11.8 Å². The lowest BCUT2D eigenvalue weighted by Crippen LogP contribution is -2.43. The number of aliphatic hydroxyl groups is 1. The Morgan fingerprint density at radius 1 is 1.13 bits per heavy atom. The smallest absolute Gasteiger partial charge is 0.497 e. The van der Waals surface area contributed by atoms with Gasteiger partial charge in [-0.2, -0.15) is 0 Å². The van der Waals surface area contributed by atoms with Crippen LogP contribution in [0.1, 0.15) is 31.0 Å². The third kappa shape index (κ3) is 7.74. The normalized spacial score (nSPS) is 19.4. The van der Waals surface area contributed by atoms with Gasteiger partial charge in [0.1, 0.15) is 17.7 Å². The average Bonchev–Trinajstić information content (AvgIpc) is 2.90. The molecule has 5 nitrogen and oxygen atoms in total. The molecule has 1 fully saturated rings. The minimum atomic E-state index is -4.71. The van der Waals surface area contributed by atoms with Crippen LogP contribution in [0.4, 0.5) is 17.6 Å². The van der Waals surface area contributed by atoms with Gasteiger partial charge in [0.05, 0.1) is 12.6 Å². The van der Waals surface area contributed by atoms with E-state index in [0.29, 0.717) is 41.3 Å². The third-order valence-corrected chi connectivity index (χ3v) is 8.01. The molecule has 3 aromatic rings. The number of aromatic nitrogens is 1. The van der Waals surface area contributed by atoms with E-state index in [-0.39, 0.29) is 24.2 Å². The number of hydrogen-bond acceptors (Lipinski definition) is 6. The predicted octanol–water partition coefficient (Wildman–Crippen LogP) is 6.66. The number of methoxy groups -OCH3 is 1. The van der Waals surface area contributed by atoms with Gasteiger partial charge in [0.15, 0.2) is 0 Å². The summed E-state index contributed by atoms with van der Waals surface area (Å²) in [7, 11) is 1.58. The average molecular weight is 553 g/mol. The molecular weight excluding hydrogens is 520 g/mol. The number of fused-ring (bicyclic) bond motifs is 1. The number of alkyl halides is 4. The molecule has 0 bridgehead atoms. The molecular formula is C28H32F4N2O3S. The van der Waals surface area contributed by atoms with E-state index in [1.807, 2.05) is 18.2 Å². The molecule has 0 radical (unpaired) electrons. The van der Waals surface area contributed by atoms with Gasteiger partial charge >= 0.3 is 6.36 Å². The predicted molar refractivity (Wildman–Crippen MR) is 140 cm³/mol. The quantitative estimate of drug-likeness (QED) is 0.212. The second kappa shape index (κ2) is 13.0. The Bertz CT molecular complexity index is 1200. The molecule has 1 aromatic heterocycles. The Kier molecular flexibility index (Phi) is 9.73. The maximum atomic E-state index is 15.4. The lowest BCUT2D eigenvalue weighted by molar-refractivity contribution is -0.274. The van der Waals surface area contributed by atoms with Crippen molar-refractivity contribution >= 4 is 22.7 Å². The molecule has 1 aliphatic heterocycles. The van der Waals surface area contributed by atoms with Crippen molar-refractivity contribution in [2.24, 2.45) is 11.8 Å². The third-order valence-electron chi connectivity index (χ3n) is 7.04. The highest BCUT2D eigenvalue weighted by molar-refractivity contribution is 7.99. The van der Waals surface area contributed by atoms with Crippen molar-refractivity contribution in [1.82, 2.24) is 9.88 Å². The number of halogens is 4. The molecule has 0 unspecified atom stereocenters. The van der Waals surface area contributed by atoms with Crippen LogP contribution in [0.25, 0.3) is 10.9 Å². The lowest BCUT2D eigenvalue weighted by Gasteiger charge is -2.38. The van der Waals surface area contributed by atoms with Crippen LogP contribution in [0.5, 0.6) is 11.5 Å². The summed E-state index contributed by atoms with van der Waals surface area (Å²) in [5.74, 6) is 1.41. The van der Waals surface area contributed by atoms with Crippen molar-refractivity contribution < 1.29 is 32.1 Å². The summed E-state index contributed by atoms with van der Waals surface area (Å²) in [4.78, 5) is 7.30. The van der Waals surface area contributed by atoms with Crippen molar-refractivity contribution in [1.29, 1.82) is 0 Å². The number of nitrogens with zero attached hydrogens (tertiary/aromatic N) is 2. The summed E-state index contributed by atoms with van der Waals surface area (Å²) in [5.41, 5.74) is 1.33. The number of benzene rings is 2. The molecule has 1 aliphatic rings. The highest BCUT2D eigenvalue weighted by atomic mass is 32.2. The van der Waals surface area contributed by atoms with Crippen LogP contribution in [0.2, 0.25) is 0 Å². The zero-order valence-electron chi connectivity index (χ0n) is 21.2. The maximum absolute atomic E-state index is 15.4. The number of thioether (sulfide) groups is 1. The fourth-order valence-corrected chi connectivity index (χ4v) is 6.02. The molecule has 2 aromatic carbocycles. The second-order valence-corrected chi connectivity index (χ2v) is 10.7. The van der Waals surface area contributed by atoms with Gasteiger partial charge in [-0.15, -0.1) is 24.9 Å². The van der Waals surface area contributed by atoms with E-state index in [2.05, 4.69) is 14.6 Å². The van der Waals surface area contributed by atoms with Gasteiger partial charge in [-0.05, 0) is 85.7 Å². The molecule has 3 atom stereocenters. The van der Waals surface area contributed by atoms with E-state index >= 15 is 4.39 Å². The first-order chi connectivity index (χ1) is 18.3. The molecule has 0 aliphatic carbocycles. The van der Waals surface area contributed by atoms with Gasteiger partial charge < -0.3 is 19.5 Å². The van der Waals surface area contributed by atoms with E-state index in [4.69, 9.17) is 4.74 Å². The molecule has 206 valence electrons. The number of pyridine rings is 1. The molecule has 0 amide bonds. The summed E-state index contributed by atoms with van der Waals surface area (Å²) in [5, 5.41) is 10.8. The van der Waals surface area contributed by atoms with Crippen LogP contribution in [0.3, 0.4) is 0 Å². The Morgan fingerprint density at radius 3 is 2.74 bits per heavy atom. The Balaban J connectivity index is 1.27. The maximum Gasteiger partial charge on any atom is 0.573 e. The van der Waals surface area contributed by atoms with Crippen molar-refractivity contribution in [3.63, 3.8) is 0 Å². The van der Waals surface area contributed by atoms with E-state index in [1.54, 1.807) is 31.5 Å². The van der Waals surface area contributed by atoms with E-state index < -0.39 is 12.5 Å². The first-order valence-electron chi connectivity index (χ1n) is 12.6. The van der Waals surface area contributed by atoms with Gasteiger partial charge in [0.2, 0.25) is 0 Å². The molecule has 2 heterocycles. The van der Waals surface area contributed by atoms with Gasteiger partial charge in [0, 0.05) is 41.9 Å². The minimum Gasteiger partial charge on any atom is -0.497 e. The fourth-order valence-electron chi connectivity index (χ4n) is 5.06. The number of hydrogen-bond donors (Lipinski definition) is 1. The minimum absolute atomic E-state index is 0.0392. The number of aliphatic hydroxyl groups excluding tert-OH is 1. The van der Waals surface area contributed by atoms with Crippen molar-refractivity contribution in [3.05, 3.63) is 60.3 Å². The molecule has 0 spiro atoms. The van der Waals surface area contributed by atoms with Crippen LogP contribution in [0, 0.1) is 11.8 Å². The summed E-state index contributed by atoms with van der Waals surface area (Å²) in [6.45, 7) is 2.34. The van der Waals surface area contributed by atoms with Crippen LogP contribution in [0.15, 0.2) is 59.6 Å². The molecule has 0 saturated carbocycles.